The standard InChI is InChI=1S/C20H28N6O2/c1-15(20(28)25-13-11-24(12-14-25)16(2)27)23-9-6-17(7-10-23)19-22-21-18-5-3-4-8-26(18)19/h3-5,8,15,17H,6-7,9-14H2,1-2H3. The normalized spacial score (nSPS) is 20.5. The first kappa shape index (κ1) is 18.9. The van der Waals surface area contributed by atoms with E-state index in [0.29, 0.717) is 32.1 Å². The molecule has 4 rings (SSSR count). The molecular weight excluding hydrogens is 356 g/mol. The minimum Gasteiger partial charge on any atom is -0.339 e. The van der Waals surface area contributed by atoms with Gasteiger partial charge in [-0.25, -0.2) is 0 Å². The third kappa shape index (κ3) is 3.61. The second-order valence-electron chi connectivity index (χ2n) is 7.80. The molecule has 28 heavy (non-hydrogen) atoms. The van der Waals surface area contributed by atoms with E-state index in [4.69, 9.17) is 0 Å². The van der Waals surface area contributed by atoms with Crippen LogP contribution in [-0.2, 0) is 9.59 Å². The van der Waals surface area contributed by atoms with E-state index in [1.54, 1.807) is 6.92 Å². The SMILES string of the molecule is CC(=O)N1CCN(C(=O)C(C)N2CCC(c3nnc4ccccn34)CC2)CC1. The van der Waals surface area contributed by atoms with E-state index in [0.717, 1.165) is 37.4 Å². The highest BCUT2D eigenvalue weighted by Crippen LogP contribution is 2.28. The quantitative estimate of drug-likeness (QED) is 0.789. The number of piperazine rings is 1. The molecule has 0 spiro atoms. The Morgan fingerprint density at radius 1 is 1.00 bits per heavy atom. The van der Waals surface area contributed by atoms with Crippen LogP contribution in [0.4, 0.5) is 0 Å². The molecule has 0 radical (unpaired) electrons. The van der Waals surface area contributed by atoms with Gasteiger partial charge in [0, 0.05) is 45.2 Å². The predicted molar refractivity (Wildman–Crippen MR) is 105 cm³/mol. The van der Waals surface area contributed by atoms with Crippen molar-refractivity contribution in [2.45, 2.75) is 38.6 Å². The van der Waals surface area contributed by atoms with Crippen molar-refractivity contribution >= 4 is 17.5 Å². The fourth-order valence-electron chi connectivity index (χ4n) is 4.35. The number of carbonyl (C=O) groups excluding carboxylic acids is 2. The van der Waals surface area contributed by atoms with E-state index in [2.05, 4.69) is 19.5 Å². The summed E-state index contributed by atoms with van der Waals surface area (Å²) in [5, 5.41) is 8.67. The third-order valence-electron chi connectivity index (χ3n) is 6.18. The van der Waals surface area contributed by atoms with E-state index < -0.39 is 0 Å². The maximum Gasteiger partial charge on any atom is 0.239 e. The molecule has 2 amide bonds. The summed E-state index contributed by atoms with van der Waals surface area (Å²) in [6.07, 6.45) is 3.97. The fraction of sp³-hybridized carbons (Fsp3) is 0.600. The third-order valence-corrected chi connectivity index (χ3v) is 6.18. The molecule has 2 aliphatic heterocycles. The van der Waals surface area contributed by atoms with Crippen LogP contribution in [0.25, 0.3) is 5.65 Å². The average Bonchev–Trinajstić information content (AvgIpc) is 3.17. The lowest BCUT2D eigenvalue weighted by Gasteiger charge is -2.39. The van der Waals surface area contributed by atoms with Gasteiger partial charge in [0.15, 0.2) is 5.65 Å². The number of hydrogen-bond acceptors (Lipinski definition) is 5. The Balaban J connectivity index is 1.33. The molecule has 8 nitrogen and oxygen atoms in total. The van der Waals surface area contributed by atoms with Gasteiger partial charge in [-0.1, -0.05) is 6.07 Å². The van der Waals surface area contributed by atoms with Crippen LogP contribution in [0.2, 0.25) is 0 Å². The van der Waals surface area contributed by atoms with Crippen LogP contribution < -0.4 is 0 Å². The summed E-state index contributed by atoms with van der Waals surface area (Å²) in [5.41, 5.74) is 0.883. The molecule has 0 aliphatic carbocycles. The molecule has 2 fully saturated rings. The highest BCUT2D eigenvalue weighted by Gasteiger charge is 2.32. The molecule has 0 saturated carbocycles. The van der Waals surface area contributed by atoms with Gasteiger partial charge in [-0.2, -0.15) is 0 Å². The van der Waals surface area contributed by atoms with Crippen molar-refractivity contribution in [2.75, 3.05) is 39.3 Å². The number of carbonyl (C=O) groups is 2. The summed E-state index contributed by atoms with van der Waals surface area (Å²) in [6.45, 7) is 7.89. The molecule has 2 aromatic heterocycles. The number of nitrogens with zero attached hydrogens (tertiary/aromatic N) is 6. The van der Waals surface area contributed by atoms with Crippen LogP contribution in [0.15, 0.2) is 24.4 Å². The van der Waals surface area contributed by atoms with E-state index in [1.165, 1.54) is 0 Å². The highest BCUT2D eigenvalue weighted by atomic mass is 16.2. The number of likely N-dealkylation sites (tertiary alicyclic amines) is 1. The molecule has 2 saturated heterocycles. The Hall–Kier alpha value is -2.48. The summed E-state index contributed by atoms with van der Waals surface area (Å²) in [4.78, 5) is 30.4. The van der Waals surface area contributed by atoms with Crippen molar-refractivity contribution in [3.05, 3.63) is 30.2 Å². The second-order valence-corrected chi connectivity index (χ2v) is 7.80. The minimum atomic E-state index is -0.125. The Morgan fingerprint density at radius 2 is 1.68 bits per heavy atom. The molecule has 1 atom stereocenters. The van der Waals surface area contributed by atoms with Gasteiger partial charge in [0.25, 0.3) is 0 Å². The number of pyridine rings is 1. The summed E-state index contributed by atoms with van der Waals surface area (Å²) in [7, 11) is 0. The molecule has 0 N–H and O–H groups in total. The molecule has 2 aromatic rings. The summed E-state index contributed by atoms with van der Waals surface area (Å²) in [6, 6.07) is 5.82. The number of aromatic nitrogens is 3. The van der Waals surface area contributed by atoms with Gasteiger partial charge < -0.3 is 9.80 Å². The Bertz CT molecular complexity index is 849. The number of fused-ring (bicyclic) bond motifs is 1. The monoisotopic (exact) mass is 384 g/mol. The molecule has 8 heteroatoms. The molecule has 0 aromatic carbocycles. The van der Waals surface area contributed by atoms with E-state index in [-0.39, 0.29) is 17.9 Å². The highest BCUT2D eigenvalue weighted by molar-refractivity contribution is 5.82. The van der Waals surface area contributed by atoms with Crippen molar-refractivity contribution in [1.82, 2.24) is 29.3 Å². The average molecular weight is 384 g/mol. The molecule has 1 unspecified atom stereocenters. The minimum absolute atomic E-state index is 0.0863. The van der Waals surface area contributed by atoms with Gasteiger partial charge in [0.2, 0.25) is 11.8 Å². The van der Waals surface area contributed by atoms with Crippen molar-refractivity contribution in [3.63, 3.8) is 0 Å². The Morgan fingerprint density at radius 3 is 2.36 bits per heavy atom. The smallest absolute Gasteiger partial charge is 0.239 e. The number of rotatable bonds is 3. The molecule has 0 bridgehead atoms. The second kappa shape index (κ2) is 7.87. The van der Waals surface area contributed by atoms with Crippen molar-refractivity contribution in [1.29, 1.82) is 0 Å². The van der Waals surface area contributed by atoms with Gasteiger partial charge in [-0.15, -0.1) is 10.2 Å². The topological polar surface area (TPSA) is 74.1 Å². The van der Waals surface area contributed by atoms with Crippen LogP contribution >= 0.6 is 0 Å². The molecule has 4 heterocycles. The Kier molecular flexibility index (Phi) is 5.30. The predicted octanol–water partition coefficient (Wildman–Crippen LogP) is 0.988. The van der Waals surface area contributed by atoms with Crippen molar-refractivity contribution in [2.24, 2.45) is 0 Å². The summed E-state index contributed by atoms with van der Waals surface area (Å²) < 4.78 is 2.07. The number of amides is 2. The van der Waals surface area contributed by atoms with E-state index >= 15 is 0 Å². The van der Waals surface area contributed by atoms with E-state index in [1.807, 2.05) is 41.1 Å². The zero-order chi connectivity index (χ0) is 19.7. The molecule has 150 valence electrons. The summed E-state index contributed by atoms with van der Waals surface area (Å²) >= 11 is 0. The van der Waals surface area contributed by atoms with Crippen LogP contribution in [0, 0.1) is 0 Å². The van der Waals surface area contributed by atoms with E-state index in [9.17, 15) is 9.59 Å². The van der Waals surface area contributed by atoms with Crippen molar-refractivity contribution in [3.8, 4) is 0 Å². The maximum atomic E-state index is 12.9. The summed E-state index contributed by atoms with van der Waals surface area (Å²) in [5.74, 6) is 1.66. The van der Waals surface area contributed by atoms with Crippen LogP contribution in [-0.4, -0.2) is 86.4 Å². The van der Waals surface area contributed by atoms with Crippen LogP contribution in [0.3, 0.4) is 0 Å². The van der Waals surface area contributed by atoms with Gasteiger partial charge >= 0.3 is 0 Å². The number of hydrogen-bond donors (Lipinski definition) is 0. The van der Waals surface area contributed by atoms with Gasteiger partial charge in [0.05, 0.1) is 6.04 Å². The van der Waals surface area contributed by atoms with Crippen molar-refractivity contribution < 1.29 is 9.59 Å². The first-order chi connectivity index (χ1) is 13.5. The lowest BCUT2D eigenvalue weighted by molar-refractivity contribution is -0.142. The first-order valence-electron chi connectivity index (χ1n) is 10.1. The zero-order valence-corrected chi connectivity index (χ0v) is 16.6. The van der Waals surface area contributed by atoms with Gasteiger partial charge in [0.1, 0.15) is 5.82 Å². The first-order valence-corrected chi connectivity index (χ1v) is 10.1. The fourth-order valence-corrected chi connectivity index (χ4v) is 4.35. The lowest BCUT2D eigenvalue weighted by Crippen LogP contribution is -2.55. The molecular formula is C20H28N6O2. The largest absolute Gasteiger partial charge is 0.339 e. The van der Waals surface area contributed by atoms with Gasteiger partial charge in [-0.3, -0.25) is 18.9 Å². The molecule has 2 aliphatic rings. The van der Waals surface area contributed by atoms with Crippen LogP contribution in [0.5, 0.6) is 0 Å². The van der Waals surface area contributed by atoms with Gasteiger partial charge in [-0.05, 0) is 45.0 Å². The number of piperidine rings is 1. The maximum absolute atomic E-state index is 12.9. The Labute approximate surface area is 165 Å². The van der Waals surface area contributed by atoms with Crippen LogP contribution in [0.1, 0.15) is 38.4 Å². The zero-order valence-electron chi connectivity index (χ0n) is 16.6. The lowest BCUT2D eigenvalue weighted by atomic mass is 9.95.